The van der Waals surface area contributed by atoms with Gasteiger partial charge in [-0.3, -0.25) is 4.79 Å². The van der Waals surface area contributed by atoms with E-state index in [0.717, 1.165) is 0 Å². The van der Waals surface area contributed by atoms with Crippen LogP contribution in [-0.2, 0) is 0 Å². The molecule has 16 heavy (non-hydrogen) atoms. The molecule has 0 spiro atoms. The summed E-state index contributed by atoms with van der Waals surface area (Å²) < 4.78 is 0. The highest BCUT2D eigenvalue weighted by Gasteiger charge is 2.28. The van der Waals surface area contributed by atoms with Crippen LogP contribution in [-0.4, -0.2) is 40.0 Å². The molecule has 6 heteroatoms. The Bertz CT molecular complexity index is 383. The molecule has 0 radical (unpaired) electrons. The molecule has 1 amide bonds. The number of ketones is 1. The Hall–Kier alpha value is -1.43. The first kappa shape index (κ1) is 11.1. The van der Waals surface area contributed by atoms with Gasteiger partial charge in [0.15, 0.2) is 10.8 Å². The number of hydrogen-bond acceptors (Lipinski definition) is 4. The predicted octanol–water partition coefficient (Wildman–Crippen LogP) is 1.72. The molecular formula is C10H12N2O3S. The molecule has 0 saturated carbocycles. The molecule has 0 aliphatic carbocycles. The molecule has 1 fully saturated rings. The van der Waals surface area contributed by atoms with Crippen molar-refractivity contribution in [2.24, 2.45) is 5.92 Å². The van der Waals surface area contributed by atoms with Crippen LogP contribution in [0.5, 0.6) is 0 Å². The summed E-state index contributed by atoms with van der Waals surface area (Å²) in [6.45, 7) is 0.883. The van der Waals surface area contributed by atoms with Gasteiger partial charge in [0.1, 0.15) is 0 Å². The van der Waals surface area contributed by atoms with Crippen LogP contribution in [0.25, 0.3) is 0 Å². The quantitative estimate of drug-likeness (QED) is 0.799. The van der Waals surface area contributed by atoms with Crippen molar-refractivity contribution < 1.29 is 14.7 Å². The smallest absolute Gasteiger partial charge is 0.407 e. The lowest BCUT2D eigenvalue weighted by molar-refractivity contribution is 0.0821. The molecule has 1 saturated heterocycles. The van der Waals surface area contributed by atoms with Gasteiger partial charge >= 0.3 is 6.09 Å². The fourth-order valence-corrected chi connectivity index (χ4v) is 2.51. The second-order valence-electron chi connectivity index (χ2n) is 3.75. The van der Waals surface area contributed by atoms with E-state index in [1.54, 1.807) is 11.6 Å². The first-order valence-electron chi connectivity index (χ1n) is 5.10. The lowest BCUT2D eigenvalue weighted by Gasteiger charge is -2.28. The van der Waals surface area contributed by atoms with Crippen molar-refractivity contribution in [3.05, 3.63) is 16.6 Å². The van der Waals surface area contributed by atoms with Crippen LogP contribution < -0.4 is 0 Å². The third kappa shape index (κ3) is 2.21. The highest BCUT2D eigenvalue weighted by atomic mass is 32.1. The third-order valence-electron chi connectivity index (χ3n) is 2.78. The Morgan fingerprint density at radius 1 is 1.44 bits per heavy atom. The number of carbonyl (C=O) groups is 2. The summed E-state index contributed by atoms with van der Waals surface area (Å²) in [6.07, 6.45) is 1.92. The topological polar surface area (TPSA) is 70.5 Å². The predicted molar refractivity (Wildman–Crippen MR) is 58.8 cm³/mol. The lowest BCUT2D eigenvalue weighted by atomic mass is 9.93. The molecule has 1 aliphatic heterocycles. The molecule has 1 N–H and O–H groups in total. The average Bonchev–Trinajstić information content (AvgIpc) is 2.81. The van der Waals surface area contributed by atoms with Crippen molar-refractivity contribution in [2.45, 2.75) is 12.8 Å². The highest BCUT2D eigenvalue weighted by Crippen LogP contribution is 2.22. The van der Waals surface area contributed by atoms with Crippen LogP contribution in [0, 0.1) is 5.92 Å². The van der Waals surface area contributed by atoms with Crippen molar-refractivity contribution >= 4 is 23.2 Å². The van der Waals surface area contributed by atoms with Gasteiger partial charge in [0, 0.05) is 30.6 Å². The van der Waals surface area contributed by atoms with Crippen LogP contribution in [0.3, 0.4) is 0 Å². The lowest BCUT2D eigenvalue weighted by Crippen LogP contribution is -2.39. The molecule has 0 unspecified atom stereocenters. The summed E-state index contributed by atoms with van der Waals surface area (Å²) in [5, 5.41) is 11.1. The maximum absolute atomic E-state index is 11.9. The van der Waals surface area contributed by atoms with Crippen LogP contribution >= 0.6 is 11.3 Å². The number of rotatable bonds is 2. The summed E-state index contributed by atoms with van der Waals surface area (Å²) in [5.74, 6) is -0.0122. The Kier molecular flexibility index (Phi) is 3.19. The Labute approximate surface area is 96.7 Å². The number of carboxylic acid groups (broad SMARTS) is 1. The van der Waals surface area contributed by atoms with E-state index in [1.807, 2.05) is 0 Å². The van der Waals surface area contributed by atoms with Gasteiger partial charge in [-0.25, -0.2) is 9.78 Å². The Balaban J connectivity index is 1.94. The highest BCUT2D eigenvalue weighted by molar-refractivity contribution is 7.11. The maximum Gasteiger partial charge on any atom is 0.407 e. The molecule has 0 bridgehead atoms. The fourth-order valence-electron chi connectivity index (χ4n) is 1.85. The number of piperidine rings is 1. The summed E-state index contributed by atoms with van der Waals surface area (Å²) in [5.41, 5.74) is 0. The first-order valence-corrected chi connectivity index (χ1v) is 5.98. The molecule has 1 aromatic rings. The zero-order chi connectivity index (χ0) is 11.5. The van der Waals surface area contributed by atoms with Gasteiger partial charge in [-0.15, -0.1) is 11.3 Å². The van der Waals surface area contributed by atoms with E-state index in [4.69, 9.17) is 5.11 Å². The molecular weight excluding hydrogens is 228 g/mol. The summed E-state index contributed by atoms with van der Waals surface area (Å²) in [4.78, 5) is 27.9. The van der Waals surface area contributed by atoms with E-state index in [0.29, 0.717) is 30.9 Å². The molecule has 2 heterocycles. The molecule has 86 valence electrons. The van der Waals surface area contributed by atoms with Crippen molar-refractivity contribution in [1.29, 1.82) is 0 Å². The maximum atomic E-state index is 11.9. The van der Waals surface area contributed by atoms with Crippen molar-refractivity contribution in [1.82, 2.24) is 9.88 Å². The average molecular weight is 240 g/mol. The van der Waals surface area contributed by atoms with E-state index in [1.165, 1.54) is 16.2 Å². The van der Waals surface area contributed by atoms with Gasteiger partial charge in [0.05, 0.1) is 0 Å². The van der Waals surface area contributed by atoms with Crippen molar-refractivity contribution in [2.75, 3.05) is 13.1 Å². The van der Waals surface area contributed by atoms with Crippen LogP contribution in [0.2, 0.25) is 0 Å². The minimum atomic E-state index is -0.903. The first-order chi connectivity index (χ1) is 7.68. The van der Waals surface area contributed by atoms with E-state index in [9.17, 15) is 9.59 Å². The minimum Gasteiger partial charge on any atom is -0.465 e. The number of Topliss-reactive ketones (excluding diaryl/α,β-unsaturated/α-hetero) is 1. The molecule has 0 aromatic carbocycles. The number of hydrogen-bond donors (Lipinski definition) is 1. The molecule has 1 aliphatic rings. The van der Waals surface area contributed by atoms with Gasteiger partial charge < -0.3 is 10.0 Å². The fraction of sp³-hybridized carbons (Fsp3) is 0.500. The Morgan fingerprint density at radius 2 is 2.12 bits per heavy atom. The molecule has 5 nitrogen and oxygen atoms in total. The summed E-state index contributed by atoms with van der Waals surface area (Å²) in [7, 11) is 0. The SMILES string of the molecule is O=C(c1nccs1)C1CCN(C(=O)O)CC1. The van der Waals surface area contributed by atoms with Gasteiger partial charge in [0.2, 0.25) is 0 Å². The van der Waals surface area contributed by atoms with E-state index >= 15 is 0 Å². The zero-order valence-electron chi connectivity index (χ0n) is 8.63. The molecule has 1 aromatic heterocycles. The standard InChI is InChI=1S/C10H12N2O3S/c13-8(9-11-3-6-16-9)7-1-4-12(5-2-7)10(14)15/h3,6-7H,1-2,4-5H2,(H,14,15). The second kappa shape index (κ2) is 4.61. The van der Waals surface area contributed by atoms with Crippen LogP contribution in [0.1, 0.15) is 22.6 Å². The largest absolute Gasteiger partial charge is 0.465 e. The number of carbonyl (C=O) groups excluding carboxylic acids is 1. The second-order valence-corrected chi connectivity index (χ2v) is 4.64. The van der Waals surface area contributed by atoms with E-state index < -0.39 is 6.09 Å². The van der Waals surface area contributed by atoms with Gasteiger partial charge in [-0.05, 0) is 12.8 Å². The normalized spacial score (nSPS) is 17.4. The van der Waals surface area contributed by atoms with E-state index in [-0.39, 0.29) is 11.7 Å². The number of aromatic nitrogens is 1. The van der Waals surface area contributed by atoms with Crippen LogP contribution in [0.15, 0.2) is 11.6 Å². The molecule has 0 atom stereocenters. The van der Waals surface area contributed by atoms with Crippen molar-refractivity contribution in [3.63, 3.8) is 0 Å². The van der Waals surface area contributed by atoms with Crippen LogP contribution in [0.4, 0.5) is 4.79 Å². The number of thiazole rings is 1. The van der Waals surface area contributed by atoms with E-state index in [2.05, 4.69) is 4.98 Å². The number of likely N-dealkylation sites (tertiary alicyclic amines) is 1. The monoisotopic (exact) mass is 240 g/mol. The Morgan fingerprint density at radius 3 is 2.62 bits per heavy atom. The number of nitrogens with zero attached hydrogens (tertiary/aromatic N) is 2. The summed E-state index contributed by atoms with van der Waals surface area (Å²) in [6, 6.07) is 0. The third-order valence-corrected chi connectivity index (χ3v) is 3.57. The summed E-state index contributed by atoms with van der Waals surface area (Å²) >= 11 is 1.34. The van der Waals surface area contributed by atoms with Gasteiger partial charge in [-0.2, -0.15) is 0 Å². The van der Waals surface area contributed by atoms with Gasteiger partial charge in [-0.1, -0.05) is 0 Å². The zero-order valence-corrected chi connectivity index (χ0v) is 9.44. The van der Waals surface area contributed by atoms with Gasteiger partial charge in [0.25, 0.3) is 0 Å². The number of amides is 1. The minimum absolute atomic E-state index is 0.0556. The van der Waals surface area contributed by atoms with Crippen molar-refractivity contribution in [3.8, 4) is 0 Å². The molecule has 2 rings (SSSR count).